The Balaban J connectivity index is 1.96. The average molecular weight is 444 g/mol. The number of hydrogen-bond acceptors (Lipinski definition) is 4. The number of alkyl halides is 3. The first-order valence-electron chi connectivity index (χ1n) is 8.49. The first kappa shape index (κ1) is 21.8. The molecular formula is C20H13F5O4S. The zero-order valence-corrected chi connectivity index (χ0v) is 16.1. The molecule has 3 rings (SSSR count). The molecule has 0 aromatic heterocycles. The minimum atomic E-state index is -5.59. The predicted molar refractivity (Wildman–Crippen MR) is 97.7 cm³/mol. The highest BCUT2D eigenvalue weighted by atomic mass is 32.2. The molecule has 0 spiro atoms. The van der Waals surface area contributed by atoms with Gasteiger partial charge in [0.05, 0.1) is 4.90 Å². The standard InChI is InChI=1S/C20H13F5O4S/c1-10-2-3-12(9-17(10)30(28,29)20(23,24)25)7-14-13(18(26)19(14)27)6-11-4-5-15(21)16(22)8-11/h2-5,8-9H,6-7H2,1H3. The van der Waals surface area contributed by atoms with Gasteiger partial charge >= 0.3 is 5.51 Å². The summed E-state index contributed by atoms with van der Waals surface area (Å²) in [5.74, 6) is -2.21. The Labute approximate surface area is 167 Å². The number of rotatable bonds is 5. The van der Waals surface area contributed by atoms with Crippen molar-refractivity contribution < 1.29 is 30.4 Å². The quantitative estimate of drug-likeness (QED) is 0.447. The van der Waals surface area contributed by atoms with Crippen LogP contribution in [0.25, 0.3) is 0 Å². The Morgan fingerprint density at radius 3 is 1.80 bits per heavy atom. The van der Waals surface area contributed by atoms with Crippen LogP contribution in [-0.4, -0.2) is 13.9 Å². The summed E-state index contributed by atoms with van der Waals surface area (Å²) >= 11 is 0. The van der Waals surface area contributed by atoms with Gasteiger partial charge in [0.15, 0.2) is 11.6 Å². The first-order chi connectivity index (χ1) is 13.8. The minimum absolute atomic E-state index is 0.0102. The number of halogens is 5. The van der Waals surface area contributed by atoms with Gasteiger partial charge in [-0.15, -0.1) is 0 Å². The molecule has 0 bridgehead atoms. The van der Waals surface area contributed by atoms with Crippen molar-refractivity contribution in [2.75, 3.05) is 0 Å². The second-order valence-electron chi connectivity index (χ2n) is 6.77. The van der Waals surface area contributed by atoms with E-state index in [4.69, 9.17) is 0 Å². The molecule has 0 atom stereocenters. The van der Waals surface area contributed by atoms with E-state index in [2.05, 4.69) is 0 Å². The maximum absolute atomic E-state index is 13.4. The van der Waals surface area contributed by atoms with Crippen molar-refractivity contribution in [3.63, 3.8) is 0 Å². The van der Waals surface area contributed by atoms with Gasteiger partial charge in [-0.1, -0.05) is 18.2 Å². The lowest BCUT2D eigenvalue weighted by molar-refractivity contribution is -0.0436. The Morgan fingerprint density at radius 2 is 1.30 bits per heavy atom. The van der Waals surface area contributed by atoms with Crippen molar-refractivity contribution in [2.45, 2.75) is 30.2 Å². The van der Waals surface area contributed by atoms with Crippen LogP contribution < -0.4 is 10.9 Å². The molecule has 4 nitrogen and oxygen atoms in total. The highest BCUT2D eigenvalue weighted by molar-refractivity contribution is 7.92. The van der Waals surface area contributed by atoms with Gasteiger partial charge in [0.25, 0.3) is 9.84 Å². The fraction of sp³-hybridized carbons (Fsp3) is 0.200. The summed E-state index contributed by atoms with van der Waals surface area (Å²) < 4.78 is 88.6. The highest BCUT2D eigenvalue weighted by Crippen LogP contribution is 2.32. The molecule has 0 amide bonds. The van der Waals surface area contributed by atoms with Crippen LogP contribution in [0.4, 0.5) is 22.0 Å². The third-order valence-corrected chi connectivity index (χ3v) is 6.34. The number of benzene rings is 2. The van der Waals surface area contributed by atoms with E-state index < -0.39 is 42.7 Å². The van der Waals surface area contributed by atoms with Crippen molar-refractivity contribution in [3.05, 3.63) is 96.3 Å². The molecule has 0 fully saturated rings. The summed E-state index contributed by atoms with van der Waals surface area (Å²) in [7, 11) is -5.59. The van der Waals surface area contributed by atoms with E-state index in [1.54, 1.807) is 0 Å². The van der Waals surface area contributed by atoms with Crippen LogP contribution in [-0.2, 0) is 22.7 Å². The summed E-state index contributed by atoms with van der Waals surface area (Å²) in [5.41, 5.74) is -6.97. The largest absolute Gasteiger partial charge is 0.501 e. The number of hydrogen-bond donors (Lipinski definition) is 0. The van der Waals surface area contributed by atoms with Crippen molar-refractivity contribution >= 4 is 9.84 Å². The zero-order valence-electron chi connectivity index (χ0n) is 15.3. The lowest BCUT2D eigenvalue weighted by atomic mass is 9.90. The van der Waals surface area contributed by atoms with Crippen LogP contribution >= 0.6 is 0 Å². The van der Waals surface area contributed by atoms with E-state index in [9.17, 15) is 40.0 Å². The molecular weight excluding hydrogens is 431 g/mol. The molecule has 10 heteroatoms. The monoisotopic (exact) mass is 444 g/mol. The van der Waals surface area contributed by atoms with Crippen LogP contribution in [0.3, 0.4) is 0 Å². The third-order valence-electron chi connectivity index (χ3n) is 4.71. The number of aryl methyl sites for hydroxylation is 1. The second-order valence-corrected chi connectivity index (χ2v) is 8.68. The highest BCUT2D eigenvalue weighted by Gasteiger charge is 2.47. The van der Waals surface area contributed by atoms with Gasteiger partial charge in [-0.25, -0.2) is 17.2 Å². The topological polar surface area (TPSA) is 68.3 Å². The van der Waals surface area contributed by atoms with Crippen LogP contribution in [0.5, 0.6) is 0 Å². The molecule has 0 aliphatic rings. The van der Waals surface area contributed by atoms with E-state index in [0.717, 1.165) is 18.2 Å². The van der Waals surface area contributed by atoms with Crippen LogP contribution in [0.15, 0.2) is 50.9 Å². The van der Waals surface area contributed by atoms with Crippen LogP contribution in [0.2, 0.25) is 0 Å². The molecule has 0 aliphatic carbocycles. The molecule has 0 saturated heterocycles. The summed E-state index contributed by atoms with van der Waals surface area (Å²) in [6.07, 6.45) is -0.444. The molecule has 0 heterocycles. The predicted octanol–water partition coefficient (Wildman–Crippen LogP) is 3.34. The van der Waals surface area contributed by atoms with E-state index in [1.165, 1.54) is 25.1 Å². The summed E-state index contributed by atoms with van der Waals surface area (Å²) in [4.78, 5) is 22.9. The smallest absolute Gasteiger partial charge is 0.285 e. The summed E-state index contributed by atoms with van der Waals surface area (Å²) in [6, 6.07) is 6.31. The maximum atomic E-state index is 13.4. The lowest BCUT2D eigenvalue weighted by Crippen LogP contribution is -2.40. The van der Waals surface area contributed by atoms with Gasteiger partial charge in [-0.3, -0.25) is 9.59 Å². The first-order valence-corrected chi connectivity index (χ1v) is 9.97. The summed E-state index contributed by atoms with van der Waals surface area (Å²) in [5, 5.41) is 0. The van der Waals surface area contributed by atoms with Crippen molar-refractivity contribution in [1.82, 2.24) is 0 Å². The molecule has 0 saturated carbocycles. The summed E-state index contributed by atoms with van der Waals surface area (Å²) in [6.45, 7) is 1.20. The van der Waals surface area contributed by atoms with E-state index >= 15 is 0 Å². The van der Waals surface area contributed by atoms with Crippen LogP contribution in [0.1, 0.15) is 27.8 Å². The fourth-order valence-electron chi connectivity index (χ4n) is 3.09. The Hall–Kier alpha value is -2.88. The van der Waals surface area contributed by atoms with Crippen LogP contribution in [0, 0.1) is 18.6 Å². The van der Waals surface area contributed by atoms with E-state index in [1.807, 2.05) is 0 Å². The molecule has 3 aromatic rings. The molecule has 158 valence electrons. The number of sulfone groups is 1. The Kier molecular flexibility index (Phi) is 5.40. The fourth-order valence-corrected chi connectivity index (χ4v) is 4.13. The molecule has 0 radical (unpaired) electrons. The van der Waals surface area contributed by atoms with Gasteiger partial charge < -0.3 is 0 Å². The second kappa shape index (κ2) is 7.42. The molecule has 0 aliphatic heterocycles. The Morgan fingerprint density at radius 1 is 0.800 bits per heavy atom. The lowest BCUT2D eigenvalue weighted by Gasteiger charge is -2.14. The van der Waals surface area contributed by atoms with Gasteiger partial charge in [-0.05, 0) is 41.8 Å². The van der Waals surface area contributed by atoms with E-state index in [-0.39, 0.29) is 40.7 Å². The maximum Gasteiger partial charge on any atom is 0.501 e. The molecule has 0 unspecified atom stereocenters. The molecule has 3 aromatic carbocycles. The van der Waals surface area contributed by atoms with Gasteiger partial charge in [-0.2, -0.15) is 13.2 Å². The third kappa shape index (κ3) is 3.79. The minimum Gasteiger partial charge on any atom is -0.285 e. The molecule has 30 heavy (non-hydrogen) atoms. The average Bonchev–Trinajstić information content (AvgIpc) is 2.67. The van der Waals surface area contributed by atoms with E-state index in [0.29, 0.717) is 0 Å². The van der Waals surface area contributed by atoms with Gasteiger partial charge in [0.2, 0.25) is 10.9 Å². The van der Waals surface area contributed by atoms with Crippen molar-refractivity contribution in [1.29, 1.82) is 0 Å². The Bertz CT molecular complexity index is 1320. The SMILES string of the molecule is Cc1ccc(Cc2c(Cc3ccc(F)c(F)c3)c(=O)c2=O)cc1S(=O)(=O)C(F)(F)F. The normalized spacial score (nSPS) is 12.5. The van der Waals surface area contributed by atoms with Crippen molar-refractivity contribution in [2.24, 2.45) is 0 Å². The molecule has 0 N–H and O–H groups in total. The van der Waals surface area contributed by atoms with Gasteiger partial charge in [0.1, 0.15) is 0 Å². The zero-order chi connectivity index (χ0) is 22.4. The van der Waals surface area contributed by atoms with Gasteiger partial charge in [0, 0.05) is 24.0 Å². The van der Waals surface area contributed by atoms with Crippen molar-refractivity contribution in [3.8, 4) is 0 Å².